The molecule has 0 unspecified atom stereocenters. The topological polar surface area (TPSA) is 44.1 Å². The van der Waals surface area contributed by atoms with Gasteiger partial charge in [-0.3, -0.25) is 9.48 Å². The minimum absolute atomic E-state index is 0.0255. The fourth-order valence-electron chi connectivity index (χ4n) is 1.69. The van der Waals surface area contributed by atoms with E-state index in [9.17, 15) is 4.79 Å². The quantitative estimate of drug-likeness (QED) is 0.816. The summed E-state index contributed by atoms with van der Waals surface area (Å²) in [6.45, 7) is 2.16. The molecule has 2 rings (SSSR count). The molecule has 0 aliphatic carbocycles. The van der Waals surface area contributed by atoms with Crippen LogP contribution >= 0.6 is 15.9 Å². The molecule has 2 aromatic rings. The Kier molecular flexibility index (Phi) is 3.81. The third kappa shape index (κ3) is 2.79. The molecule has 0 bridgehead atoms. The summed E-state index contributed by atoms with van der Waals surface area (Å²) >= 11 is 3.30. The third-order valence-corrected chi connectivity index (χ3v) is 2.97. The molecule has 0 N–H and O–H groups in total. The van der Waals surface area contributed by atoms with E-state index in [1.165, 1.54) is 0 Å². The summed E-state index contributed by atoms with van der Waals surface area (Å²) in [5.41, 5.74) is 1.64. The molecule has 0 saturated carbocycles. The molecule has 0 aliphatic heterocycles. The van der Waals surface area contributed by atoms with Crippen LogP contribution in [0.15, 0.2) is 35.1 Å². The molecule has 0 atom stereocenters. The van der Waals surface area contributed by atoms with Gasteiger partial charge in [0.1, 0.15) is 12.3 Å². The normalized spacial score (nSPS) is 10.4. The second-order valence-corrected chi connectivity index (χ2v) is 4.90. The maximum absolute atomic E-state index is 12.2. The summed E-state index contributed by atoms with van der Waals surface area (Å²) < 4.78 is 7.67. The van der Waals surface area contributed by atoms with Gasteiger partial charge in [0, 0.05) is 6.20 Å². The Bertz CT molecular complexity index is 578. The first-order valence-electron chi connectivity index (χ1n) is 5.46. The van der Waals surface area contributed by atoms with Gasteiger partial charge in [-0.15, -0.1) is 0 Å². The zero-order chi connectivity index (χ0) is 13.1. The minimum Gasteiger partial charge on any atom is -0.496 e. The van der Waals surface area contributed by atoms with Gasteiger partial charge in [-0.25, -0.2) is 0 Å². The standard InChI is InChI=1S/C13H13BrN2O2/c1-9-3-4-11(13(5-9)18-2)12(17)8-16-7-10(14)6-15-16/h3-7H,8H2,1-2H3. The molecule has 0 spiro atoms. The van der Waals surface area contributed by atoms with Crippen LogP contribution in [0.1, 0.15) is 15.9 Å². The Hall–Kier alpha value is -1.62. The lowest BCUT2D eigenvalue weighted by Gasteiger charge is -2.08. The zero-order valence-electron chi connectivity index (χ0n) is 10.2. The van der Waals surface area contributed by atoms with Crippen molar-refractivity contribution in [3.05, 3.63) is 46.2 Å². The van der Waals surface area contributed by atoms with Crippen LogP contribution in [0.2, 0.25) is 0 Å². The smallest absolute Gasteiger partial charge is 0.187 e. The van der Waals surface area contributed by atoms with Crippen molar-refractivity contribution in [2.75, 3.05) is 7.11 Å². The number of rotatable bonds is 4. The molecule has 1 aromatic carbocycles. The predicted octanol–water partition coefficient (Wildman–Crippen LogP) is 2.85. The van der Waals surface area contributed by atoms with Crippen molar-refractivity contribution in [2.45, 2.75) is 13.5 Å². The zero-order valence-corrected chi connectivity index (χ0v) is 11.8. The number of benzene rings is 1. The lowest BCUT2D eigenvalue weighted by molar-refractivity contribution is 0.0964. The first-order valence-corrected chi connectivity index (χ1v) is 6.25. The lowest BCUT2D eigenvalue weighted by Crippen LogP contribution is -2.12. The summed E-state index contributed by atoms with van der Waals surface area (Å²) in [4.78, 5) is 12.2. The van der Waals surface area contributed by atoms with Crippen molar-refractivity contribution in [3.63, 3.8) is 0 Å². The number of ether oxygens (including phenoxy) is 1. The van der Waals surface area contributed by atoms with Crippen LogP contribution in [-0.4, -0.2) is 22.7 Å². The van der Waals surface area contributed by atoms with Crippen LogP contribution in [0.3, 0.4) is 0 Å². The van der Waals surface area contributed by atoms with Crippen LogP contribution < -0.4 is 4.74 Å². The van der Waals surface area contributed by atoms with Gasteiger partial charge < -0.3 is 4.74 Å². The van der Waals surface area contributed by atoms with Crippen LogP contribution in [0, 0.1) is 6.92 Å². The molecular weight excluding hydrogens is 296 g/mol. The molecule has 18 heavy (non-hydrogen) atoms. The van der Waals surface area contributed by atoms with Crippen molar-refractivity contribution in [2.24, 2.45) is 0 Å². The second-order valence-electron chi connectivity index (χ2n) is 3.98. The third-order valence-electron chi connectivity index (χ3n) is 2.56. The van der Waals surface area contributed by atoms with Crippen LogP contribution in [0.5, 0.6) is 5.75 Å². The van der Waals surface area contributed by atoms with Crippen molar-refractivity contribution in [1.29, 1.82) is 0 Å². The summed E-state index contributed by atoms with van der Waals surface area (Å²) in [6, 6.07) is 5.54. The number of aromatic nitrogens is 2. The SMILES string of the molecule is COc1cc(C)ccc1C(=O)Cn1cc(Br)cn1. The number of aryl methyl sites for hydroxylation is 1. The summed E-state index contributed by atoms with van der Waals surface area (Å²) in [6.07, 6.45) is 3.41. The Morgan fingerprint density at radius 2 is 2.28 bits per heavy atom. The number of methoxy groups -OCH3 is 1. The van der Waals surface area contributed by atoms with Gasteiger partial charge >= 0.3 is 0 Å². The number of nitrogens with zero attached hydrogens (tertiary/aromatic N) is 2. The highest BCUT2D eigenvalue weighted by molar-refractivity contribution is 9.10. The average molecular weight is 309 g/mol. The van der Waals surface area contributed by atoms with Gasteiger partial charge in [-0.05, 0) is 40.5 Å². The molecule has 0 saturated heterocycles. The van der Waals surface area contributed by atoms with Gasteiger partial charge in [-0.1, -0.05) is 6.07 Å². The second kappa shape index (κ2) is 5.35. The number of carbonyl (C=O) groups is 1. The van der Waals surface area contributed by atoms with E-state index in [2.05, 4.69) is 21.0 Å². The van der Waals surface area contributed by atoms with Crippen LogP contribution in [0.25, 0.3) is 0 Å². The van der Waals surface area contributed by atoms with Crippen molar-refractivity contribution in [1.82, 2.24) is 9.78 Å². The minimum atomic E-state index is -0.0255. The predicted molar refractivity (Wildman–Crippen MR) is 72.0 cm³/mol. The van der Waals surface area contributed by atoms with Gasteiger partial charge in [0.2, 0.25) is 0 Å². The Balaban J connectivity index is 2.23. The van der Waals surface area contributed by atoms with E-state index in [0.29, 0.717) is 11.3 Å². The van der Waals surface area contributed by atoms with Gasteiger partial charge in [0.05, 0.1) is 23.3 Å². The Labute approximate surface area is 114 Å². The van der Waals surface area contributed by atoms with E-state index in [-0.39, 0.29) is 12.3 Å². The fourth-order valence-corrected chi connectivity index (χ4v) is 2.01. The largest absolute Gasteiger partial charge is 0.496 e. The van der Waals surface area contributed by atoms with Crippen LogP contribution in [0.4, 0.5) is 0 Å². The van der Waals surface area contributed by atoms with E-state index in [1.54, 1.807) is 30.3 Å². The van der Waals surface area contributed by atoms with Gasteiger partial charge in [-0.2, -0.15) is 5.10 Å². The summed E-state index contributed by atoms with van der Waals surface area (Å²) in [7, 11) is 1.57. The molecule has 0 fully saturated rings. The van der Waals surface area contributed by atoms with Crippen LogP contribution in [-0.2, 0) is 6.54 Å². The number of Topliss-reactive ketones (excluding diaryl/α,β-unsaturated/α-hetero) is 1. The molecule has 1 heterocycles. The maximum atomic E-state index is 12.2. The number of halogens is 1. The fraction of sp³-hybridized carbons (Fsp3) is 0.231. The Morgan fingerprint density at radius 3 is 2.89 bits per heavy atom. The number of ketones is 1. The molecular formula is C13H13BrN2O2. The monoisotopic (exact) mass is 308 g/mol. The highest BCUT2D eigenvalue weighted by Gasteiger charge is 2.13. The van der Waals surface area contributed by atoms with Crippen molar-refractivity contribution in [3.8, 4) is 5.75 Å². The molecule has 4 nitrogen and oxygen atoms in total. The molecule has 0 radical (unpaired) electrons. The molecule has 0 amide bonds. The number of hydrogen-bond donors (Lipinski definition) is 0. The number of carbonyl (C=O) groups excluding carboxylic acids is 1. The average Bonchev–Trinajstić information content (AvgIpc) is 2.74. The highest BCUT2D eigenvalue weighted by Crippen LogP contribution is 2.21. The van der Waals surface area contributed by atoms with E-state index in [4.69, 9.17) is 4.74 Å². The van der Waals surface area contributed by atoms with Crippen molar-refractivity contribution >= 4 is 21.7 Å². The van der Waals surface area contributed by atoms with E-state index >= 15 is 0 Å². The van der Waals surface area contributed by atoms with Crippen molar-refractivity contribution < 1.29 is 9.53 Å². The molecule has 1 aromatic heterocycles. The first kappa shape index (κ1) is 12.8. The van der Waals surface area contributed by atoms with E-state index < -0.39 is 0 Å². The van der Waals surface area contributed by atoms with E-state index in [1.807, 2.05) is 19.1 Å². The number of hydrogen-bond acceptors (Lipinski definition) is 3. The molecule has 5 heteroatoms. The highest BCUT2D eigenvalue weighted by atomic mass is 79.9. The first-order chi connectivity index (χ1) is 8.60. The Morgan fingerprint density at radius 1 is 1.50 bits per heavy atom. The maximum Gasteiger partial charge on any atom is 0.187 e. The summed E-state index contributed by atoms with van der Waals surface area (Å²) in [5.74, 6) is 0.577. The summed E-state index contributed by atoms with van der Waals surface area (Å²) in [5, 5.41) is 4.06. The molecule has 94 valence electrons. The molecule has 0 aliphatic rings. The van der Waals surface area contributed by atoms with Gasteiger partial charge in [0.25, 0.3) is 0 Å². The van der Waals surface area contributed by atoms with E-state index in [0.717, 1.165) is 10.0 Å². The lowest BCUT2D eigenvalue weighted by atomic mass is 10.1. The van der Waals surface area contributed by atoms with Gasteiger partial charge in [0.15, 0.2) is 5.78 Å².